The molecule has 8 heteroatoms. The predicted molar refractivity (Wildman–Crippen MR) is 79.1 cm³/mol. The van der Waals surface area contributed by atoms with Crippen LogP contribution in [0, 0.1) is 5.82 Å². The smallest absolute Gasteiger partial charge is 0.226 e. The van der Waals surface area contributed by atoms with Crippen LogP contribution in [0.15, 0.2) is 42.7 Å². The van der Waals surface area contributed by atoms with Gasteiger partial charge in [-0.25, -0.2) is 9.37 Å². The van der Waals surface area contributed by atoms with E-state index in [0.29, 0.717) is 6.42 Å². The number of ketones is 1. The Morgan fingerprint density at radius 2 is 2.04 bits per heavy atom. The number of aliphatic hydroxyl groups excluding tert-OH is 1. The number of aromatic amines is 2. The van der Waals surface area contributed by atoms with E-state index in [2.05, 4.69) is 25.4 Å². The van der Waals surface area contributed by atoms with Crippen LogP contribution >= 0.6 is 0 Å². The molecule has 0 atom stereocenters. The molecule has 3 rings (SSSR count). The number of allylic oxidation sites excluding steroid dienone is 1. The quantitative estimate of drug-likeness (QED) is 0.379. The van der Waals surface area contributed by atoms with Crippen LogP contribution in [-0.4, -0.2) is 36.3 Å². The molecule has 0 spiro atoms. The summed E-state index contributed by atoms with van der Waals surface area (Å²) in [6.45, 7) is 0. The van der Waals surface area contributed by atoms with Crippen molar-refractivity contribution in [3.8, 4) is 0 Å². The van der Waals surface area contributed by atoms with Gasteiger partial charge in [-0.3, -0.25) is 15.0 Å². The fraction of sp³-hybridized carbons (Fsp3) is 0.0667. The highest BCUT2D eigenvalue weighted by Crippen LogP contribution is 2.14. The molecular weight excluding hydrogens is 301 g/mol. The van der Waals surface area contributed by atoms with Crippen LogP contribution in [0.25, 0.3) is 5.76 Å². The standard InChI is InChI=1S/C15H12FN5O2/c16-10-3-1-9(2-4-10)5-11-6-12(20-19-11)13(22)7-14(23)15-17-8-18-21-15/h1-4,6-8,22H,5H2,(H,19,20)(H,17,18,21). The van der Waals surface area contributed by atoms with Crippen molar-refractivity contribution in [1.82, 2.24) is 25.4 Å². The van der Waals surface area contributed by atoms with E-state index in [4.69, 9.17) is 0 Å². The number of carbonyl (C=O) groups excluding carboxylic acids is 1. The minimum absolute atomic E-state index is 0.0265. The van der Waals surface area contributed by atoms with Crippen molar-refractivity contribution >= 4 is 11.5 Å². The zero-order chi connectivity index (χ0) is 16.2. The van der Waals surface area contributed by atoms with Gasteiger partial charge in [-0.05, 0) is 23.8 Å². The summed E-state index contributed by atoms with van der Waals surface area (Å²) < 4.78 is 12.9. The van der Waals surface area contributed by atoms with Gasteiger partial charge in [0.1, 0.15) is 23.6 Å². The molecule has 0 unspecified atom stereocenters. The van der Waals surface area contributed by atoms with Crippen LogP contribution in [0.1, 0.15) is 27.6 Å². The number of benzene rings is 1. The molecule has 0 saturated heterocycles. The SMILES string of the molecule is O=C(C=C(O)c1cc(Cc2ccc(F)cc2)[nH]n1)c1ncn[nH]1. The van der Waals surface area contributed by atoms with E-state index < -0.39 is 5.78 Å². The van der Waals surface area contributed by atoms with Crippen LogP contribution in [0.2, 0.25) is 0 Å². The average molecular weight is 313 g/mol. The van der Waals surface area contributed by atoms with Crippen LogP contribution in [-0.2, 0) is 6.42 Å². The molecule has 0 radical (unpaired) electrons. The predicted octanol–water partition coefficient (Wildman–Crippen LogP) is 2.04. The Morgan fingerprint density at radius 3 is 2.74 bits per heavy atom. The van der Waals surface area contributed by atoms with E-state index in [1.54, 1.807) is 18.2 Å². The third-order valence-corrected chi connectivity index (χ3v) is 3.12. The summed E-state index contributed by atoms with van der Waals surface area (Å²) in [6, 6.07) is 7.70. The number of hydrogen-bond acceptors (Lipinski definition) is 5. The summed E-state index contributed by atoms with van der Waals surface area (Å²) in [6.07, 6.45) is 2.71. The summed E-state index contributed by atoms with van der Waals surface area (Å²) in [5, 5.41) is 22.6. The molecule has 0 aliphatic rings. The Balaban J connectivity index is 1.73. The Labute approximate surface area is 129 Å². The Kier molecular flexibility index (Phi) is 3.96. The molecule has 3 N–H and O–H groups in total. The maximum absolute atomic E-state index is 12.9. The third kappa shape index (κ3) is 3.49. The maximum Gasteiger partial charge on any atom is 0.226 e. The van der Waals surface area contributed by atoms with Crippen molar-refractivity contribution in [2.75, 3.05) is 0 Å². The van der Waals surface area contributed by atoms with Gasteiger partial charge in [-0.2, -0.15) is 10.2 Å². The first-order valence-corrected chi connectivity index (χ1v) is 6.71. The highest BCUT2D eigenvalue weighted by atomic mass is 19.1. The Morgan fingerprint density at radius 1 is 1.26 bits per heavy atom. The minimum atomic E-state index is -0.511. The van der Waals surface area contributed by atoms with Crippen LogP contribution in [0.5, 0.6) is 0 Å². The summed E-state index contributed by atoms with van der Waals surface area (Å²) in [4.78, 5) is 15.5. The molecule has 2 aromatic heterocycles. The molecule has 0 bridgehead atoms. The summed E-state index contributed by atoms with van der Waals surface area (Å²) in [5.41, 5.74) is 1.84. The Hall–Kier alpha value is -3.29. The number of nitrogens with one attached hydrogen (secondary N) is 2. The van der Waals surface area contributed by atoms with Crippen molar-refractivity contribution < 1.29 is 14.3 Å². The molecular formula is C15H12FN5O2. The van der Waals surface area contributed by atoms with Crippen LogP contribution in [0.3, 0.4) is 0 Å². The van der Waals surface area contributed by atoms with Gasteiger partial charge in [-0.15, -0.1) is 0 Å². The maximum atomic E-state index is 12.9. The molecule has 0 aliphatic heterocycles. The van der Waals surface area contributed by atoms with Crippen LogP contribution < -0.4 is 0 Å². The van der Waals surface area contributed by atoms with Gasteiger partial charge in [-0.1, -0.05) is 12.1 Å². The van der Waals surface area contributed by atoms with E-state index in [1.807, 2.05) is 0 Å². The average Bonchev–Trinajstić information content (AvgIpc) is 3.21. The van der Waals surface area contributed by atoms with Gasteiger partial charge in [0.2, 0.25) is 5.78 Å². The monoisotopic (exact) mass is 313 g/mol. The molecule has 3 aromatic rings. The molecule has 0 aliphatic carbocycles. The lowest BCUT2D eigenvalue weighted by Gasteiger charge is -1.97. The van der Waals surface area contributed by atoms with Crippen molar-refractivity contribution in [2.24, 2.45) is 0 Å². The van der Waals surface area contributed by atoms with Gasteiger partial charge in [0.25, 0.3) is 0 Å². The van der Waals surface area contributed by atoms with Crippen molar-refractivity contribution in [1.29, 1.82) is 0 Å². The van der Waals surface area contributed by atoms with Gasteiger partial charge in [0, 0.05) is 18.2 Å². The first-order valence-electron chi connectivity index (χ1n) is 6.71. The van der Waals surface area contributed by atoms with Gasteiger partial charge < -0.3 is 5.11 Å². The number of rotatable bonds is 5. The number of nitrogens with zero attached hydrogens (tertiary/aromatic N) is 3. The number of halogens is 1. The summed E-state index contributed by atoms with van der Waals surface area (Å²) in [7, 11) is 0. The minimum Gasteiger partial charge on any atom is -0.505 e. The molecule has 7 nitrogen and oxygen atoms in total. The lowest BCUT2D eigenvalue weighted by Crippen LogP contribution is -1.99. The molecule has 1 aromatic carbocycles. The normalized spacial score (nSPS) is 11.6. The second-order valence-electron chi connectivity index (χ2n) is 4.81. The van der Waals surface area contributed by atoms with Crippen LogP contribution in [0.4, 0.5) is 4.39 Å². The lowest BCUT2D eigenvalue weighted by molar-refractivity contribution is 0.103. The molecule has 0 fully saturated rings. The second kappa shape index (κ2) is 6.22. The zero-order valence-electron chi connectivity index (χ0n) is 11.8. The van der Waals surface area contributed by atoms with E-state index in [1.165, 1.54) is 18.5 Å². The molecule has 116 valence electrons. The Bertz CT molecular complexity index is 837. The number of aromatic nitrogens is 5. The summed E-state index contributed by atoms with van der Waals surface area (Å²) >= 11 is 0. The molecule has 2 heterocycles. The number of H-pyrrole nitrogens is 2. The highest BCUT2D eigenvalue weighted by Gasteiger charge is 2.11. The van der Waals surface area contributed by atoms with E-state index in [-0.39, 0.29) is 23.1 Å². The first-order chi connectivity index (χ1) is 11.1. The third-order valence-electron chi connectivity index (χ3n) is 3.12. The van der Waals surface area contributed by atoms with E-state index in [9.17, 15) is 14.3 Å². The fourth-order valence-corrected chi connectivity index (χ4v) is 2.00. The van der Waals surface area contributed by atoms with Gasteiger partial charge in [0.15, 0.2) is 5.82 Å². The van der Waals surface area contributed by atoms with Gasteiger partial charge >= 0.3 is 0 Å². The molecule has 0 amide bonds. The molecule has 23 heavy (non-hydrogen) atoms. The van der Waals surface area contributed by atoms with Gasteiger partial charge in [0.05, 0.1) is 0 Å². The fourth-order valence-electron chi connectivity index (χ4n) is 2.00. The number of carbonyl (C=O) groups is 1. The molecule has 0 saturated carbocycles. The van der Waals surface area contributed by atoms with E-state index >= 15 is 0 Å². The highest BCUT2D eigenvalue weighted by molar-refractivity contribution is 6.05. The first kappa shape index (κ1) is 14.6. The van der Waals surface area contributed by atoms with Crippen molar-refractivity contribution in [3.63, 3.8) is 0 Å². The summed E-state index contributed by atoms with van der Waals surface area (Å²) in [5.74, 6) is -1.07. The number of hydrogen-bond donors (Lipinski definition) is 3. The van der Waals surface area contributed by atoms with Crippen molar-refractivity contribution in [3.05, 3.63) is 71.3 Å². The largest absolute Gasteiger partial charge is 0.505 e. The topological polar surface area (TPSA) is 108 Å². The zero-order valence-corrected chi connectivity index (χ0v) is 11.8. The lowest BCUT2D eigenvalue weighted by atomic mass is 10.1. The van der Waals surface area contributed by atoms with E-state index in [0.717, 1.165) is 17.3 Å². The second-order valence-corrected chi connectivity index (χ2v) is 4.81. The number of aliphatic hydroxyl groups is 1. The van der Waals surface area contributed by atoms with Crippen molar-refractivity contribution in [2.45, 2.75) is 6.42 Å².